The van der Waals surface area contributed by atoms with E-state index in [2.05, 4.69) is 5.92 Å². The Morgan fingerprint density at radius 2 is 2.18 bits per heavy atom. The summed E-state index contributed by atoms with van der Waals surface area (Å²) in [4.78, 5) is 0. The first-order valence-electron chi connectivity index (χ1n) is 2.79. The van der Waals surface area contributed by atoms with Gasteiger partial charge in [0.2, 0.25) is 0 Å². The molecule has 1 N–H and O–H groups in total. The van der Waals surface area contributed by atoms with E-state index in [1.165, 1.54) is 6.07 Å². The maximum absolute atomic E-state index is 12.5. The van der Waals surface area contributed by atoms with Gasteiger partial charge in [0.25, 0.3) is 0 Å². The van der Waals surface area contributed by atoms with Crippen LogP contribution >= 0.6 is 11.6 Å². The predicted molar refractivity (Wildman–Crippen MR) is 41.0 cm³/mol. The smallest absolute Gasteiger partial charge is 0.145 e. The van der Waals surface area contributed by atoms with Crippen LogP contribution in [0, 0.1) is 18.2 Å². The van der Waals surface area contributed by atoms with Crippen LogP contribution in [0.4, 0.5) is 4.39 Å². The molecule has 3 heteroatoms. The van der Waals surface area contributed by atoms with E-state index in [1.54, 1.807) is 0 Å². The van der Waals surface area contributed by atoms with E-state index in [0.717, 1.165) is 6.07 Å². The molecule has 0 spiro atoms. The van der Waals surface area contributed by atoms with Gasteiger partial charge < -0.3 is 5.11 Å². The standard InChI is InChI=1S/C8H4ClFO/c1-2-5-3-6(9)7(10)4-8(5)11/h1,3-4,11H. The summed E-state index contributed by atoms with van der Waals surface area (Å²) in [6.07, 6.45) is 4.98. The van der Waals surface area contributed by atoms with E-state index in [4.69, 9.17) is 23.1 Å². The molecule has 0 aromatic heterocycles. The molecule has 0 amide bonds. The lowest BCUT2D eigenvalue weighted by atomic mass is 10.2. The summed E-state index contributed by atoms with van der Waals surface area (Å²) in [5.74, 6) is 1.22. The zero-order valence-electron chi connectivity index (χ0n) is 5.44. The van der Waals surface area contributed by atoms with Crippen molar-refractivity contribution in [2.75, 3.05) is 0 Å². The Bertz CT molecular complexity index is 328. The van der Waals surface area contributed by atoms with Crippen LogP contribution in [0.5, 0.6) is 5.75 Å². The highest BCUT2D eigenvalue weighted by atomic mass is 35.5. The largest absolute Gasteiger partial charge is 0.507 e. The predicted octanol–water partition coefficient (Wildman–Crippen LogP) is 2.17. The maximum Gasteiger partial charge on any atom is 0.145 e. The summed E-state index contributed by atoms with van der Waals surface area (Å²) >= 11 is 5.38. The van der Waals surface area contributed by atoms with Gasteiger partial charge in [-0.3, -0.25) is 0 Å². The Balaban J connectivity index is 3.35. The van der Waals surface area contributed by atoms with Gasteiger partial charge in [-0.2, -0.15) is 0 Å². The number of rotatable bonds is 0. The monoisotopic (exact) mass is 170 g/mol. The van der Waals surface area contributed by atoms with Crippen LogP contribution in [-0.4, -0.2) is 5.11 Å². The Morgan fingerprint density at radius 3 is 2.73 bits per heavy atom. The summed E-state index contributed by atoms with van der Waals surface area (Å²) in [5.41, 5.74) is 0.191. The Kier molecular flexibility index (Phi) is 2.02. The molecule has 0 saturated carbocycles. The Hall–Kier alpha value is -1.20. The van der Waals surface area contributed by atoms with E-state index in [0.29, 0.717) is 0 Å². The molecule has 1 aromatic rings. The zero-order valence-corrected chi connectivity index (χ0v) is 6.19. The molecule has 1 rings (SSSR count). The van der Waals surface area contributed by atoms with Gasteiger partial charge in [0.05, 0.1) is 10.6 Å². The van der Waals surface area contributed by atoms with Crippen LogP contribution in [0.25, 0.3) is 0 Å². The number of terminal acetylenes is 1. The van der Waals surface area contributed by atoms with Crippen molar-refractivity contribution in [3.63, 3.8) is 0 Å². The van der Waals surface area contributed by atoms with Crippen molar-refractivity contribution in [3.8, 4) is 18.1 Å². The van der Waals surface area contributed by atoms with Gasteiger partial charge in [0.15, 0.2) is 0 Å². The van der Waals surface area contributed by atoms with Crippen LogP contribution in [0.3, 0.4) is 0 Å². The van der Waals surface area contributed by atoms with Crippen molar-refractivity contribution in [2.45, 2.75) is 0 Å². The highest BCUT2D eigenvalue weighted by Gasteiger charge is 2.04. The molecule has 0 unspecified atom stereocenters. The molecular formula is C8H4ClFO. The molecule has 0 fully saturated rings. The third-order valence-electron chi connectivity index (χ3n) is 1.19. The molecule has 0 aliphatic heterocycles. The van der Waals surface area contributed by atoms with Crippen molar-refractivity contribution in [2.24, 2.45) is 0 Å². The average Bonchev–Trinajstić information content (AvgIpc) is 1.97. The summed E-state index contributed by atoms with van der Waals surface area (Å²) in [5, 5.41) is 8.89. The minimum absolute atomic E-state index is 0.0873. The van der Waals surface area contributed by atoms with E-state index in [-0.39, 0.29) is 16.3 Å². The van der Waals surface area contributed by atoms with E-state index in [9.17, 15) is 4.39 Å². The van der Waals surface area contributed by atoms with Crippen molar-refractivity contribution in [1.82, 2.24) is 0 Å². The number of hydrogen-bond donors (Lipinski definition) is 1. The fourth-order valence-electron chi connectivity index (χ4n) is 0.652. The lowest BCUT2D eigenvalue weighted by Crippen LogP contribution is -1.81. The van der Waals surface area contributed by atoms with Crippen LogP contribution in [-0.2, 0) is 0 Å². The molecule has 1 aromatic carbocycles. The second kappa shape index (κ2) is 2.81. The molecule has 0 saturated heterocycles. The molecule has 0 aliphatic rings. The number of phenolic OH excluding ortho intramolecular Hbond substituents is 1. The van der Waals surface area contributed by atoms with Crippen molar-refractivity contribution in [1.29, 1.82) is 0 Å². The summed E-state index contributed by atoms with van der Waals surface area (Å²) in [6.45, 7) is 0. The third kappa shape index (κ3) is 1.44. The number of aromatic hydroxyl groups is 1. The molecule has 1 nitrogen and oxygen atoms in total. The minimum atomic E-state index is -0.678. The molecule has 0 aliphatic carbocycles. The normalized spacial score (nSPS) is 9.18. The molecule has 0 heterocycles. The fourth-order valence-corrected chi connectivity index (χ4v) is 0.816. The van der Waals surface area contributed by atoms with E-state index in [1.807, 2.05) is 0 Å². The summed E-state index contributed by atoms with van der Waals surface area (Å²) < 4.78 is 12.5. The van der Waals surface area contributed by atoms with Gasteiger partial charge >= 0.3 is 0 Å². The van der Waals surface area contributed by atoms with Crippen LogP contribution in [0.2, 0.25) is 5.02 Å². The van der Waals surface area contributed by atoms with E-state index >= 15 is 0 Å². The molecule has 0 bridgehead atoms. The number of halogens is 2. The second-order valence-corrected chi connectivity index (χ2v) is 2.34. The average molecular weight is 171 g/mol. The summed E-state index contributed by atoms with van der Waals surface area (Å²) in [7, 11) is 0. The first kappa shape index (κ1) is 7.90. The number of benzene rings is 1. The van der Waals surface area contributed by atoms with E-state index < -0.39 is 5.82 Å². The van der Waals surface area contributed by atoms with Gasteiger partial charge in [0.1, 0.15) is 11.6 Å². The first-order chi connectivity index (χ1) is 5.15. The fraction of sp³-hybridized carbons (Fsp3) is 0. The number of phenols is 1. The quantitative estimate of drug-likeness (QED) is 0.592. The van der Waals surface area contributed by atoms with Gasteiger partial charge in [-0.15, -0.1) is 6.42 Å². The van der Waals surface area contributed by atoms with Crippen molar-refractivity contribution >= 4 is 11.6 Å². The van der Waals surface area contributed by atoms with Gasteiger partial charge in [-0.05, 0) is 6.07 Å². The lowest BCUT2D eigenvalue weighted by Gasteiger charge is -1.98. The maximum atomic E-state index is 12.5. The van der Waals surface area contributed by atoms with Crippen molar-refractivity contribution < 1.29 is 9.50 Å². The van der Waals surface area contributed by atoms with Crippen LogP contribution in [0.15, 0.2) is 12.1 Å². The van der Waals surface area contributed by atoms with Gasteiger partial charge in [-0.1, -0.05) is 17.5 Å². The number of hydrogen-bond acceptors (Lipinski definition) is 1. The molecule has 0 radical (unpaired) electrons. The minimum Gasteiger partial charge on any atom is -0.507 e. The molecule has 11 heavy (non-hydrogen) atoms. The van der Waals surface area contributed by atoms with Gasteiger partial charge in [0, 0.05) is 6.07 Å². The summed E-state index contributed by atoms with van der Waals surface area (Å²) in [6, 6.07) is 2.09. The lowest BCUT2D eigenvalue weighted by molar-refractivity contribution is 0.467. The highest BCUT2D eigenvalue weighted by Crippen LogP contribution is 2.23. The first-order valence-corrected chi connectivity index (χ1v) is 3.17. The SMILES string of the molecule is C#Cc1cc(Cl)c(F)cc1O. The molecule has 56 valence electrons. The zero-order chi connectivity index (χ0) is 8.43. The van der Waals surface area contributed by atoms with Gasteiger partial charge in [-0.25, -0.2) is 4.39 Å². The topological polar surface area (TPSA) is 20.2 Å². The molecular weight excluding hydrogens is 167 g/mol. The third-order valence-corrected chi connectivity index (χ3v) is 1.48. The Morgan fingerprint density at radius 1 is 1.55 bits per heavy atom. The van der Waals surface area contributed by atoms with Crippen molar-refractivity contribution in [3.05, 3.63) is 28.5 Å². The molecule has 0 atom stereocenters. The second-order valence-electron chi connectivity index (χ2n) is 1.93. The van der Waals surface area contributed by atoms with Crippen LogP contribution in [0.1, 0.15) is 5.56 Å². The van der Waals surface area contributed by atoms with Crippen LogP contribution < -0.4 is 0 Å². The Labute approximate surface area is 68.4 Å². The highest BCUT2D eigenvalue weighted by molar-refractivity contribution is 6.30.